The van der Waals surface area contributed by atoms with Crippen LogP contribution in [0, 0.1) is 23.6 Å². The first-order valence-electron chi connectivity index (χ1n) is 6.99. The second-order valence-corrected chi connectivity index (χ2v) is 5.09. The van der Waals surface area contributed by atoms with Gasteiger partial charge in [0.2, 0.25) is 0 Å². The number of hydrogen-bond acceptors (Lipinski definition) is 3. The summed E-state index contributed by atoms with van der Waals surface area (Å²) in [6, 6.07) is 4.17. The first kappa shape index (κ1) is 15.5. The van der Waals surface area contributed by atoms with Gasteiger partial charge in [-0.05, 0) is 31.5 Å². The number of nitrogens with one attached hydrogen (secondary N) is 1. The Morgan fingerprint density at radius 1 is 1.62 bits per heavy atom. The van der Waals surface area contributed by atoms with Gasteiger partial charge >= 0.3 is 0 Å². The molecule has 1 aromatic rings. The summed E-state index contributed by atoms with van der Waals surface area (Å²) in [4.78, 5) is 12.2. The van der Waals surface area contributed by atoms with Crippen LogP contribution in [0.4, 0.5) is 4.39 Å². The summed E-state index contributed by atoms with van der Waals surface area (Å²) in [5, 5.41) is 2.83. The summed E-state index contributed by atoms with van der Waals surface area (Å²) in [6.45, 7) is 3.47. The van der Waals surface area contributed by atoms with Gasteiger partial charge in [0.25, 0.3) is 5.91 Å². The summed E-state index contributed by atoms with van der Waals surface area (Å²) < 4.78 is 19.1. The molecule has 1 fully saturated rings. The van der Waals surface area contributed by atoms with Crippen molar-refractivity contribution in [1.29, 1.82) is 0 Å². The van der Waals surface area contributed by atoms with Gasteiger partial charge in [-0.3, -0.25) is 4.79 Å². The Bertz CT molecular complexity index is 571. The molecule has 0 bridgehead atoms. The maximum atomic E-state index is 13.8. The zero-order valence-electron chi connectivity index (χ0n) is 12.0. The minimum Gasteiger partial charge on any atom is -0.381 e. The number of nitrogens with two attached hydrogens (primary N) is 1. The van der Waals surface area contributed by atoms with Crippen molar-refractivity contribution in [2.75, 3.05) is 19.8 Å². The molecule has 0 radical (unpaired) electrons. The van der Waals surface area contributed by atoms with Crippen molar-refractivity contribution < 1.29 is 13.9 Å². The highest BCUT2D eigenvalue weighted by atomic mass is 19.1. The van der Waals surface area contributed by atoms with E-state index < -0.39 is 11.7 Å². The van der Waals surface area contributed by atoms with Gasteiger partial charge in [-0.25, -0.2) is 4.39 Å². The van der Waals surface area contributed by atoms with Crippen molar-refractivity contribution in [3.05, 3.63) is 35.1 Å². The third-order valence-corrected chi connectivity index (χ3v) is 3.58. The lowest BCUT2D eigenvalue weighted by molar-refractivity contribution is 0.0918. The quantitative estimate of drug-likeness (QED) is 0.825. The molecule has 1 amide bonds. The molecular formula is C16H19FN2O2. The molecule has 21 heavy (non-hydrogen) atoms. The molecule has 2 unspecified atom stereocenters. The maximum Gasteiger partial charge on any atom is 0.254 e. The molecule has 0 saturated carbocycles. The zero-order valence-corrected chi connectivity index (χ0v) is 12.0. The van der Waals surface area contributed by atoms with Crippen LogP contribution in [-0.4, -0.2) is 31.7 Å². The lowest BCUT2D eigenvalue weighted by atomic mass is 10.00. The number of hydrogen-bond donors (Lipinski definition) is 2. The van der Waals surface area contributed by atoms with E-state index >= 15 is 0 Å². The number of ether oxygens (including phenoxy) is 1. The van der Waals surface area contributed by atoms with Gasteiger partial charge in [-0.1, -0.05) is 11.8 Å². The minimum absolute atomic E-state index is 0.00425. The molecule has 5 heteroatoms. The lowest BCUT2D eigenvalue weighted by Gasteiger charge is -2.19. The third-order valence-electron chi connectivity index (χ3n) is 3.58. The summed E-state index contributed by atoms with van der Waals surface area (Å²) in [5.41, 5.74) is 5.88. The van der Waals surface area contributed by atoms with Crippen LogP contribution in [0.25, 0.3) is 0 Å². The molecule has 3 N–H and O–H groups in total. The van der Waals surface area contributed by atoms with E-state index in [-0.39, 0.29) is 24.1 Å². The van der Waals surface area contributed by atoms with Crippen LogP contribution in [-0.2, 0) is 4.74 Å². The fourth-order valence-corrected chi connectivity index (χ4v) is 2.28. The summed E-state index contributed by atoms with van der Waals surface area (Å²) in [7, 11) is 0. The van der Waals surface area contributed by atoms with Crippen LogP contribution in [0.3, 0.4) is 0 Å². The zero-order chi connectivity index (χ0) is 15.2. The average Bonchev–Trinajstić information content (AvgIpc) is 3.00. The predicted octanol–water partition coefficient (Wildman–Crippen LogP) is 1.29. The second-order valence-electron chi connectivity index (χ2n) is 5.09. The first-order chi connectivity index (χ1) is 10.1. The van der Waals surface area contributed by atoms with E-state index in [1.165, 1.54) is 18.2 Å². The number of amides is 1. The Labute approximate surface area is 123 Å². The predicted molar refractivity (Wildman–Crippen MR) is 78.2 cm³/mol. The standard InChI is InChI=1S/C16H19FN2O2/c1-11(13-6-8-21-10-13)19-16(20)14-9-12(3-2-7-18)4-5-15(14)17/h4-5,9,11,13H,6-8,10,18H2,1H3,(H,19,20). The highest BCUT2D eigenvalue weighted by Gasteiger charge is 2.24. The fourth-order valence-electron chi connectivity index (χ4n) is 2.28. The van der Waals surface area contributed by atoms with E-state index in [1.54, 1.807) is 0 Å². The van der Waals surface area contributed by atoms with E-state index in [4.69, 9.17) is 10.5 Å². The van der Waals surface area contributed by atoms with Crippen molar-refractivity contribution in [2.24, 2.45) is 11.7 Å². The lowest BCUT2D eigenvalue weighted by Crippen LogP contribution is -2.38. The molecule has 1 aliphatic heterocycles. The molecule has 1 aliphatic rings. The average molecular weight is 290 g/mol. The molecule has 112 valence electrons. The van der Waals surface area contributed by atoms with Gasteiger partial charge in [0, 0.05) is 24.1 Å². The van der Waals surface area contributed by atoms with Gasteiger partial charge in [-0.2, -0.15) is 0 Å². The fraction of sp³-hybridized carbons (Fsp3) is 0.438. The van der Waals surface area contributed by atoms with Gasteiger partial charge in [0.1, 0.15) is 5.82 Å². The van der Waals surface area contributed by atoms with Crippen LogP contribution < -0.4 is 11.1 Å². The molecule has 4 nitrogen and oxygen atoms in total. The number of carbonyl (C=O) groups excluding carboxylic acids is 1. The number of halogens is 1. The monoisotopic (exact) mass is 290 g/mol. The Morgan fingerprint density at radius 2 is 2.43 bits per heavy atom. The normalized spacial score (nSPS) is 18.7. The van der Waals surface area contributed by atoms with Crippen molar-refractivity contribution in [3.8, 4) is 11.8 Å². The molecule has 2 atom stereocenters. The van der Waals surface area contributed by atoms with Crippen molar-refractivity contribution >= 4 is 5.91 Å². The molecule has 1 heterocycles. The smallest absolute Gasteiger partial charge is 0.254 e. The summed E-state index contributed by atoms with van der Waals surface area (Å²) in [6.07, 6.45) is 0.909. The van der Waals surface area contributed by atoms with Crippen molar-refractivity contribution in [1.82, 2.24) is 5.32 Å². The van der Waals surface area contributed by atoms with E-state index in [1.807, 2.05) is 6.92 Å². The molecule has 1 saturated heterocycles. The highest BCUT2D eigenvalue weighted by molar-refractivity contribution is 5.95. The van der Waals surface area contributed by atoms with Crippen LogP contribution in [0.1, 0.15) is 29.3 Å². The number of rotatable bonds is 3. The molecule has 0 spiro atoms. The Morgan fingerprint density at radius 3 is 3.10 bits per heavy atom. The topological polar surface area (TPSA) is 64.4 Å². The van der Waals surface area contributed by atoms with Crippen molar-refractivity contribution in [3.63, 3.8) is 0 Å². The molecular weight excluding hydrogens is 271 g/mol. The van der Waals surface area contributed by atoms with E-state index in [9.17, 15) is 9.18 Å². The van der Waals surface area contributed by atoms with E-state index in [0.717, 1.165) is 6.42 Å². The highest BCUT2D eigenvalue weighted by Crippen LogP contribution is 2.17. The summed E-state index contributed by atoms with van der Waals surface area (Å²) in [5.74, 6) is 4.77. The number of carbonyl (C=O) groups is 1. The van der Waals surface area contributed by atoms with Crippen LogP contribution in [0.2, 0.25) is 0 Å². The summed E-state index contributed by atoms with van der Waals surface area (Å²) >= 11 is 0. The minimum atomic E-state index is -0.555. The maximum absolute atomic E-state index is 13.8. The van der Waals surface area contributed by atoms with Crippen molar-refractivity contribution in [2.45, 2.75) is 19.4 Å². The van der Waals surface area contributed by atoms with Crippen LogP contribution >= 0.6 is 0 Å². The third kappa shape index (κ3) is 4.03. The molecule has 0 aliphatic carbocycles. The SMILES string of the molecule is CC(NC(=O)c1cc(C#CCN)ccc1F)C1CCOC1. The first-order valence-corrected chi connectivity index (χ1v) is 6.99. The van der Waals surface area contributed by atoms with Gasteiger partial charge in [-0.15, -0.1) is 0 Å². The van der Waals surface area contributed by atoms with Gasteiger partial charge < -0.3 is 15.8 Å². The largest absolute Gasteiger partial charge is 0.381 e. The Balaban J connectivity index is 2.10. The Kier molecular flexibility index (Phi) is 5.32. The van der Waals surface area contributed by atoms with Gasteiger partial charge in [0.15, 0.2) is 0 Å². The van der Waals surface area contributed by atoms with E-state index in [2.05, 4.69) is 17.2 Å². The molecule has 0 aromatic heterocycles. The second kappa shape index (κ2) is 7.21. The molecule has 2 rings (SSSR count). The molecule has 1 aromatic carbocycles. The van der Waals surface area contributed by atoms with Gasteiger partial charge in [0.05, 0.1) is 18.7 Å². The Hall–Kier alpha value is -1.90. The number of benzene rings is 1. The van der Waals surface area contributed by atoms with Crippen LogP contribution in [0.15, 0.2) is 18.2 Å². The van der Waals surface area contributed by atoms with Crippen LogP contribution in [0.5, 0.6) is 0 Å². The van der Waals surface area contributed by atoms with E-state index in [0.29, 0.717) is 18.8 Å².